The highest BCUT2D eigenvalue weighted by atomic mass is 35.5. The maximum atomic E-state index is 13.7. The zero-order valence-corrected chi connectivity index (χ0v) is 12.1. The first kappa shape index (κ1) is 14.1. The predicted molar refractivity (Wildman–Crippen MR) is 75.2 cm³/mol. The van der Waals surface area contributed by atoms with Gasteiger partial charge in [0.2, 0.25) is 0 Å². The molecule has 110 valence electrons. The van der Waals surface area contributed by atoms with Crippen molar-refractivity contribution in [3.8, 4) is 5.75 Å². The fourth-order valence-corrected chi connectivity index (χ4v) is 4.13. The van der Waals surface area contributed by atoms with E-state index in [0.29, 0.717) is 0 Å². The van der Waals surface area contributed by atoms with Crippen LogP contribution < -0.4 is 4.74 Å². The van der Waals surface area contributed by atoms with Crippen molar-refractivity contribution < 1.29 is 13.5 Å². The molecule has 2 fully saturated rings. The Morgan fingerprint density at radius 3 is 2.40 bits per heavy atom. The Bertz CT molecular complexity index is 483. The van der Waals surface area contributed by atoms with Gasteiger partial charge in [0.1, 0.15) is 11.9 Å². The Labute approximate surface area is 123 Å². The third-order valence-corrected chi connectivity index (χ3v) is 5.50. The maximum Gasteiger partial charge on any atom is 0.167 e. The Morgan fingerprint density at radius 2 is 1.80 bits per heavy atom. The molecule has 2 atom stereocenters. The second-order valence-electron chi connectivity index (χ2n) is 6.03. The molecule has 4 heteroatoms. The van der Waals surface area contributed by atoms with Gasteiger partial charge in [-0.3, -0.25) is 0 Å². The molecule has 0 saturated heterocycles. The van der Waals surface area contributed by atoms with Crippen molar-refractivity contribution in [3.63, 3.8) is 0 Å². The van der Waals surface area contributed by atoms with Crippen LogP contribution in [0.25, 0.3) is 0 Å². The lowest BCUT2D eigenvalue weighted by Gasteiger charge is -2.53. The van der Waals surface area contributed by atoms with E-state index in [1.807, 2.05) is 0 Å². The van der Waals surface area contributed by atoms with Crippen molar-refractivity contribution in [3.05, 3.63) is 29.8 Å². The predicted octanol–water partition coefficient (Wildman–Crippen LogP) is 5.06. The second kappa shape index (κ2) is 5.51. The molecule has 20 heavy (non-hydrogen) atoms. The fraction of sp³-hybridized carbons (Fsp3) is 0.625. The van der Waals surface area contributed by atoms with Crippen molar-refractivity contribution in [2.24, 2.45) is 5.41 Å². The van der Waals surface area contributed by atoms with E-state index in [1.54, 1.807) is 0 Å². The molecule has 1 aromatic carbocycles. The van der Waals surface area contributed by atoms with Gasteiger partial charge in [-0.2, -0.15) is 0 Å². The molecule has 0 heterocycles. The number of halogens is 3. The first-order chi connectivity index (χ1) is 9.62. The van der Waals surface area contributed by atoms with E-state index in [9.17, 15) is 8.78 Å². The summed E-state index contributed by atoms with van der Waals surface area (Å²) in [6.45, 7) is 0. The van der Waals surface area contributed by atoms with E-state index in [-0.39, 0.29) is 22.6 Å². The summed E-state index contributed by atoms with van der Waals surface area (Å²) in [6.07, 6.45) is 7.61. The van der Waals surface area contributed by atoms with Crippen LogP contribution in [0, 0.1) is 17.0 Å². The Balaban J connectivity index is 1.76. The number of benzene rings is 1. The summed E-state index contributed by atoms with van der Waals surface area (Å²) in [5.74, 6) is -1.07. The minimum Gasteiger partial charge on any atom is -0.487 e. The van der Waals surface area contributed by atoms with Gasteiger partial charge in [0.25, 0.3) is 0 Å². The van der Waals surface area contributed by atoms with Gasteiger partial charge in [-0.1, -0.05) is 25.7 Å². The first-order valence-electron chi connectivity index (χ1n) is 7.37. The fourth-order valence-electron chi connectivity index (χ4n) is 3.61. The first-order valence-corrected chi connectivity index (χ1v) is 7.81. The molecule has 0 aromatic heterocycles. The lowest BCUT2D eigenvalue weighted by atomic mass is 9.61. The summed E-state index contributed by atoms with van der Waals surface area (Å²) in [5, 5.41) is 0.120. The summed E-state index contributed by atoms with van der Waals surface area (Å²) in [7, 11) is 0. The van der Waals surface area contributed by atoms with E-state index >= 15 is 0 Å². The number of alkyl halides is 1. The van der Waals surface area contributed by atoms with E-state index in [0.717, 1.165) is 38.2 Å². The van der Waals surface area contributed by atoms with E-state index < -0.39 is 11.6 Å². The molecule has 0 bridgehead atoms. The molecule has 0 radical (unpaired) electrons. The van der Waals surface area contributed by atoms with Gasteiger partial charge >= 0.3 is 0 Å². The van der Waals surface area contributed by atoms with Gasteiger partial charge in [-0.25, -0.2) is 8.78 Å². The smallest absolute Gasteiger partial charge is 0.167 e. The quantitative estimate of drug-likeness (QED) is 0.693. The van der Waals surface area contributed by atoms with Gasteiger partial charge < -0.3 is 4.74 Å². The van der Waals surface area contributed by atoms with Crippen LogP contribution in [-0.4, -0.2) is 11.5 Å². The molecular weight excluding hydrogens is 282 g/mol. The number of hydrogen-bond donors (Lipinski definition) is 0. The molecule has 2 aliphatic carbocycles. The van der Waals surface area contributed by atoms with Crippen LogP contribution in [0.15, 0.2) is 18.2 Å². The van der Waals surface area contributed by atoms with Gasteiger partial charge in [-0.15, -0.1) is 11.6 Å². The molecule has 0 amide bonds. The van der Waals surface area contributed by atoms with Gasteiger partial charge in [0.15, 0.2) is 11.6 Å². The van der Waals surface area contributed by atoms with Crippen LogP contribution in [0.1, 0.15) is 44.9 Å². The summed E-state index contributed by atoms with van der Waals surface area (Å²) < 4.78 is 32.5. The summed E-state index contributed by atoms with van der Waals surface area (Å²) in [5.41, 5.74) is -0.0150. The Morgan fingerprint density at radius 1 is 1.10 bits per heavy atom. The van der Waals surface area contributed by atoms with Crippen LogP contribution in [0.3, 0.4) is 0 Å². The molecule has 2 saturated carbocycles. The molecule has 1 spiro atoms. The van der Waals surface area contributed by atoms with Crippen molar-refractivity contribution in [2.75, 3.05) is 0 Å². The lowest BCUT2D eigenvalue weighted by molar-refractivity contribution is -0.0530. The van der Waals surface area contributed by atoms with Crippen LogP contribution in [-0.2, 0) is 0 Å². The van der Waals surface area contributed by atoms with Crippen LogP contribution in [0.4, 0.5) is 8.78 Å². The molecular formula is C16H19ClF2O. The normalized spacial score (nSPS) is 28.8. The van der Waals surface area contributed by atoms with Gasteiger partial charge in [0, 0.05) is 23.3 Å². The van der Waals surface area contributed by atoms with Gasteiger partial charge in [0.05, 0.1) is 0 Å². The molecule has 2 aliphatic rings. The third-order valence-electron chi connectivity index (χ3n) is 4.88. The summed E-state index contributed by atoms with van der Waals surface area (Å²) in [4.78, 5) is 0. The van der Waals surface area contributed by atoms with Crippen LogP contribution in [0.5, 0.6) is 5.75 Å². The van der Waals surface area contributed by atoms with Crippen molar-refractivity contribution >= 4 is 11.6 Å². The standard InChI is InChI=1S/C16H19ClF2O/c17-14-10-15(16(14)7-3-1-2-4-8-16)20-13-6-5-11(18)9-12(13)19/h5-6,9,14-15H,1-4,7-8,10H2. The number of rotatable bonds is 2. The van der Waals surface area contributed by atoms with Crippen LogP contribution in [0.2, 0.25) is 0 Å². The van der Waals surface area contributed by atoms with E-state index in [2.05, 4.69) is 0 Å². The third kappa shape index (κ3) is 2.41. The highest BCUT2D eigenvalue weighted by Gasteiger charge is 2.55. The van der Waals surface area contributed by atoms with Crippen LogP contribution >= 0.6 is 11.6 Å². The van der Waals surface area contributed by atoms with Crippen molar-refractivity contribution in [2.45, 2.75) is 56.4 Å². The molecule has 0 N–H and O–H groups in total. The van der Waals surface area contributed by atoms with Gasteiger partial charge in [-0.05, 0) is 25.0 Å². The summed E-state index contributed by atoms with van der Waals surface area (Å²) in [6, 6.07) is 3.47. The van der Waals surface area contributed by atoms with E-state index in [1.165, 1.54) is 25.0 Å². The molecule has 1 aromatic rings. The average Bonchev–Trinajstić information content (AvgIpc) is 2.69. The average molecular weight is 301 g/mol. The zero-order valence-electron chi connectivity index (χ0n) is 11.4. The van der Waals surface area contributed by atoms with E-state index in [4.69, 9.17) is 16.3 Å². The number of hydrogen-bond acceptors (Lipinski definition) is 1. The molecule has 2 unspecified atom stereocenters. The van der Waals surface area contributed by atoms with Crippen molar-refractivity contribution in [1.29, 1.82) is 0 Å². The highest BCUT2D eigenvalue weighted by molar-refractivity contribution is 6.21. The molecule has 0 aliphatic heterocycles. The SMILES string of the molecule is Fc1ccc(OC2CC(Cl)C23CCCCCC3)c(F)c1. The minimum absolute atomic E-state index is 0.0150. The lowest BCUT2D eigenvalue weighted by Crippen LogP contribution is -2.57. The minimum atomic E-state index is -0.633. The zero-order chi connectivity index (χ0) is 14.2. The largest absolute Gasteiger partial charge is 0.487 e. The summed E-state index contributed by atoms with van der Waals surface area (Å²) >= 11 is 6.45. The Kier molecular flexibility index (Phi) is 3.89. The monoisotopic (exact) mass is 300 g/mol. The molecule has 3 rings (SSSR count). The number of ether oxygens (including phenoxy) is 1. The highest BCUT2D eigenvalue weighted by Crippen LogP contribution is 2.55. The maximum absolute atomic E-state index is 13.7. The Hall–Kier alpha value is -0.830. The van der Waals surface area contributed by atoms with Crippen molar-refractivity contribution in [1.82, 2.24) is 0 Å². The molecule has 1 nitrogen and oxygen atoms in total. The topological polar surface area (TPSA) is 9.23 Å². The second-order valence-corrected chi connectivity index (χ2v) is 6.56.